The first-order valence-electron chi connectivity index (χ1n) is 7.60. The predicted octanol–water partition coefficient (Wildman–Crippen LogP) is 4.60. The number of carbonyl (C=O) groups is 1. The SMILES string of the molecule is CCCCCCN(CCCCCC)C(=O)CCCl. The number of unbranched alkanes of at least 4 members (excludes halogenated alkanes) is 6. The van der Waals surface area contributed by atoms with E-state index in [9.17, 15) is 4.79 Å². The Morgan fingerprint density at radius 1 is 0.889 bits per heavy atom. The molecular formula is C15H30ClNO. The Kier molecular flexibility index (Phi) is 13.0. The summed E-state index contributed by atoms with van der Waals surface area (Å²) in [5.41, 5.74) is 0. The van der Waals surface area contributed by atoms with E-state index in [1.165, 1.54) is 38.5 Å². The molecule has 0 spiro atoms. The fourth-order valence-corrected chi connectivity index (χ4v) is 2.22. The van der Waals surface area contributed by atoms with E-state index >= 15 is 0 Å². The van der Waals surface area contributed by atoms with Crippen LogP contribution in [0.4, 0.5) is 0 Å². The summed E-state index contributed by atoms with van der Waals surface area (Å²) in [4.78, 5) is 13.9. The summed E-state index contributed by atoms with van der Waals surface area (Å²) in [6.07, 6.45) is 10.2. The van der Waals surface area contributed by atoms with Crippen LogP contribution < -0.4 is 0 Å². The van der Waals surface area contributed by atoms with Crippen molar-refractivity contribution in [3.05, 3.63) is 0 Å². The molecule has 0 aliphatic carbocycles. The third-order valence-corrected chi connectivity index (χ3v) is 3.41. The molecule has 0 aromatic heterocycles. The summed E-state index contributed by atoms with van der Waals surface area (Å²) >= 11 is 5.66. The topological polar surface area (TPSA) is 20.3 Å². The first-order chi connectivity index (χ1) is 8.76. The molecule has 1 amide bonds. The van der Waals surface area contributed by atoms with Gasteiger partial charge in [-0.25, -0.2) is 0 Å². The summed E-state index contributed by atoms with van der Waals surface area (Å²) in [6.45, 7) is 6.26. The van der Waals surface area contributed by atoms with Gasteiger partial charge in [0.25, 0.3) is 0 Å². The van der Waals surface area contributed by atoms with Crippen molar-refractivity contribution in [3.63, 3.8) is 0 Å². The molecule has 0 aliphatic heterocycles. The average molecular weight is 276 g/mol. The third-order valence-electron chi connectivity index (χ3n) is 3.22. The monoisotopic (exact) mass is 275 g/mol. The van der Waals surface area contributed by atoms with Crippen LogP contribution in [0.5, 0.6) is 0 Å². The van der Waals surface area contributed by atoms with Crippen molar-refractivity contribution >= 4 is 17.5 Å². The minimum Gasteiger partial charge on any atom is -0.343 e. The van der Waals surface area contributed by atoms with Crippen LogP contribution in [-0.4, -0.2) is 29.8 Å². The lowest BCUT2D eigenvalue weighted by Crippen LogP contribution is -2.33. The Bertz CT molecular complexity index is 185. The molecule has 3 heteroatoms. The Labute approximate surface area is 118 Å². The molecule has 0 N–H and O–H groups in total. The van der Waals surface area contributed by atoms with Crippen LogP contribution in [0.1, 0.15) is 71.6 Å². The van der Waals surface area contributed by atoms with Gasteiger partial charge in [0.2, 0.25) is 5.91 Å². The van der Waals surface area contributed by atoms with E-state index in [-0.39, 0.29) is 5.91 Å². The van der Waals surface area contributed by atoms with E-state index < -0.39 is 0 Å². The highest BCUT2D eigenvalue weighted by Gasteiger charge is 2.11. The Hall–Kier alpha value is -0.240. The van der Waals surface area contributed by atoms with E-state index in [2.05, 4.69) is 13.8 Å². The maximum absolute atomic E-state index is 11.9. The highest BCUT2D eigenvalue weighted by molar-refractivity contribution is 6.18. The number of hydrogen-bond acceptors (Lipinski definition) is 1. The van der Waals surface area contributed by atoms with Crippen LogP contribution in [0.15, 0.2) is 0 Å². The van der Waals surface area contributed by atoms with Gasteiger partial charge in [0.1, 0.15) is 0 Å². The molecule has 0 saturated heterocycles. The second kappa shape index (κ2) is 13.2. The summed E-state index contributed by atoms with van der Waals surface area (Å²) in [5, 5.41) is 0. The molecule has 18 heavy (non-hydrogen) atoms. The smallest absolute Gasteiger partial charge is 0.223 e. The third kappa shape index (κ3) is 9.76. The molecule has 0 bridgehead atoms. The maximum atomic E-state index is 11.9. The van der Waals surface area contributed by atoms with Crippen LogP contribution in [0.3, 0.4) is 0 Å². The van der Waals surface area contributed by atoms with Crippen LogP contribution >= 0.6 is 11.6 Å². The number of alkyl halides is 1. The number of hydrogen-bond donors (Lipinski definition) is 0. The average Bonchev–Trinajstić information content (AvgIpc) is 2.37. The minimum atomic E-state index is 0.234. The highest BCUT2D eigenvalue weighted by Crippen LogP contribution is 2.07. The van der Waals surface area contributed by atoms with Gasteiger partial charge in [-0.05, 0) is 12.8 Å². The second-order valence-electron chi connectivity index (χ2n) is 4.94. The lowest BCUT2D eigenvalue weighted by atomic mass is 10.1. The molecule has 0 radical (unpaired) electrons. The van der Waals surface area contributed by atoms with Gasteiger partial charge in [0.05, 0.1) is 0 Å². The Morgan fingerprint density at radius 2 is 1.39 bits per heavy atom. The lowest BCUT2D eigenvalue weighted by Gasteiger charge is -2.22. The van der Waals surface area contributed by atoms with Crippen molar-refractivity contribution in [2.45, 2.75) is 71.6 Å². The number of nitrogens with zero attached hydrogens (tertiary/aromatic N) is 1. The van der Waals surface area contributed by atoms with Gasteiger partial charge >= 0.3 is 0 Å². The van der Waals surface area contributed by atoms with Crippen molar-refractivity contribution in [1.29, 1.82) is 0 Å². The maximum Gasteiger partial charge on any atom is 0.223 e. The quantitative estimate of drug-likeness (QED) is 0.376. The molecule has 108 valence electrons. The number of carbonyl (C=O) groups excluding carboxylic acids is 1. The molecule has 0 atom stereocenters. The van der Waals surface area contributed by atoms with Crippen LogP contribution in [-0.2, 0) is 4.79 Å². The van der Waals surface area contributed by atoms with Gasteiger partial charge in [-0.1, -0.05) is 52.4 Å². The summed E-state index contributed by atoms with van der Waals surface area (Å²) < 4.78 is 0. The van der Waals surface area contributed by atoms with Crippen molar-refractivity contribution in [2.24, 2.45) is 0 Å². The van der Waals surface area contributed by atoms with Crippen molar-refractivity contribution in [2.75, 3.05) is 19.0 Å². The van der Waals surface area contributed by atoms with Gasteiger partial charge in [-0.3, -0.25) is 4.79 Å². The van der Waals surface area contributed by atoms with E-state index in [0.717, 1.165) is 25.9 Å². The standard InChI is InChI=1S/C15H30ClNO/c1-3-5-7-9-13-17(15(18)11-12-16)14-10-8-6-4-2/h3-14H2,1-2H3. The fourth-order valence-electron chi connectivity index (χ4n) is 2.06. The Balaban J connectivity index is 3.88. The molecule has 0 aromatic rings. The normalized spacial score (nSPS) is 10.6. The van der Waals surface area contributed by atoms with Crippen molar-refractivity contribution in [3.8, 4) is 0 Å². The van der Waals surface area contributed by atoms with Gasteiger partial charge < -0.3 is 4.90 Å². The minimum absolute atomic E-state index is 0.234. The lowest BCUT2D eigenvalue weighted by molar-refractivity contribution is -0.130. The molecule has 0 heterocycles. The number of rotatable bonds is 12. The zero-order valence-corrected chi connectivity index (χ0v) is 13.0. The van der Waals surface area contributed by atoms with E-state index in [4.69, 9.17) is 11.6 Å². The van der Waals surface area contributed by atoms with E-state index in [1.807, 2.05) is 4.90 Å². The summed E-state index contributed by atoms with van der Waals surface area (Å²) in [5.74, 6) is 0.678. The number of halogens is 1. The Morgan fingerprint density at radius 3 is 1.78 bits per heavy atom. The van der Waals surface area contributed by atoms with Gasteiger partial charge in [-0.2, -0.15) is 0 Å². The second-order valence-corrected chi connectivity index (χ2v) is 5.32. The van der Waals surface area contributed by atoms with Crippen LogP contribution in [0.25, 0.3) is 0 Å². The van der Waals surface area contributed by atoms with E-state index in [0.29, 0.717) is 12.3 Å². The summed E-state index contributed by atoms with van der Waals surface area (Å²) in [7, 11) is 0. The van der Waals surface area contributed by atoms with Crippen LogP contribution in [0, 0.1) is 0 Å². The van der Waals surface area contributed by atoms with Gasteiger partial charge in [-0.15, -0.1) is 11.6 Å². The van der Waals surface area contributed by atoms with E-state index in [1.54, 1.807) is 0 Å². The number of amides is 1. The van der Waals surface area contributed by atoms with Crippen LogP contribution in [0.2, 0.25) is 0 Å². The largest absolute Gasteiger partial charge is 0.343 e. The molecule has 0 aliphatic rings. The molecule has 0 saturated carbocycles. The van der Waals surface area contributed by atoms with Gasteiger partial charge in [0.15, 0.2) is 0 Å². The molecule has 0 unspecified atom stereocenters. The highest BCUT2D eigenvalue weighted by atomic mass is 35.5. The molecule has 2 nitrogen and oxygen atoms in total. The predicted molar refractivity (Wildman–Crippen MR) is 80.2 cm³/mol. The molecule has 0 rings (SSSR count). The molecule has 0 fully saturated rings. The van der Waals surface area contributed by atoms with Crippen molar-refractivity contribution in [1.82, 2.24) is 4.90 Å². The first-order valence-corrected chi connectivity index (χ1v) is 8.13. The first kappa shape index (κ1) is 17.8. The van der Waals surface area contributed by atoms with Gasteiger partial charge in [0, 0.05) is 25.4 Å². The molecule has 0 aromatic carbocycles. The molecular weight excluding hydrogens is 246 g/mol. The zero-order valence-electron chi connectivity index (χ0n) is 12.2. The van der Waals surface area contributed by atoms with Crippen molar-refractivity contribution < 1.29 is 4.79 Å². The summed E-state index contributed by atoms with van der Waals surface area (Å²) in [6, 6.07) is 0. The fraction of sp³-hybridized carbons (Fsp3) is 0.933. The zero-order chi connectivity index (χ0) is 13.6.